The van der Waals surface area contributed by atoms with E-state index < -0.39 is 0 Å². The van der Waals surface area contributed by atoms with Gasteiger partial charge in [-0.05, 0) is 48.2 Å². The first-order chi connectivity index (χ1) is 11.2. The van der Waals surface area contributed by atoms with Crippen LogP contribution < -0.4 is 5.32 Å². The van der Waals surface area contributed by atoms with Crippen LogP contribution in [-0.4, -0.2) is 5.84 Å². The minimum absolute atomic E-state index is 0.697. The second-order valence-corrected chi connectivity index (χ2v) is 5.68. The van der Waals surface area contributed by atoms with Crippen LogP contribution in [-0.2, 0) is 12.8 Å². The van der Waals surface area contributed by atoms with Crippen molar-refractivity contribution in [2.75, 3.05) is 0 Å². The molecule has 0 unspecified atom stereocenters. The molecule has 0 atom stereocenters. The van der Waals surface area contributed by atoms with Crippen molar-refractivity contribution in [1.82, 2.24) is 5.32 Å². The van der Waals surface area contributed by atoms with Crippen LogP contribution in [0.1, 0.15) is 35.6 Å². The minimum atomic E-state index is 0.697. The molecule has 3 rings (SSSR count). The summed E-state index contributed by atoms with van der Waals surface area (Å²) in [5.41, 5.74) is 6.10. The number of fused-ring (bicyclic) bond motifs is 1. The standard InChI is InChI=1S/C20H19N3/c1-3-15-7-9-19-18(12-15)14(2)22-20(23-19)10-8-16-5-4-6-17(11-16)13-21/h4-7,9,11-12H,2-3,8,10H2,1H3,(H,22,23). The molecule has 0 radical (unpaired) electrons. The summed E-state index contributed by atoms with van der Waals surface area (Å²) in [5, 5.41) is 12.3. The molecule has 0 saturated carbocycles. The highest BCUT2D eigenvalue weighted by Crippen LogP contribution is 2.29. The largest absolute Gasteiger partial charge is 0.344 e. The zero-order chi connectivity index (χ0) is 16.2. The van der Waals surface area contributed by atoms with Crippen molar-refractivity contribution in [2.24, 2.45) is 4.99 Å². The van der Waals surface area contributed by atoms with Crippen LogP contribution in [0.25, 0.3) is 5.70 Å². The van der Waals surface area contributed by atoms with E-state index in [9.17, 15) is 0 Å². The minimum Gasteiger partial charge on any atom is -0.344 e. The third kappa shape index (κ3) is 3.32. The smallest absolute Gasteiger partial charge is 0.107 e. The Morgan fingerprint density at radius 3 is 2.78 bits per heavy atom. The Kier molecular flexibility index (Phi) is 4.25. The van der Waals surface area contributed by atoms with Crippen LogP contribution in [0.4, 0.5) is 5.69 Å². The number of aliphatic imine (C=N–C) groups is 1. The molecule has 1 heterocycles. The Morgan fingerprint density at radius 2 is 2.00 bits per heavy atom. The zero-order valence-corrected chi connectivity index (χ0v) is 13.3. The molecule has 1 aliphatic heterocycles. The summed E-state index contributed by atoms with van der Waals surface area (Å²) in [6.07, 6.45) is 2.65. The highest BCUT2D eigenvalue weighted by molar-refractivity contribution is 5.97. The summed E-state index contributed by atoms with van der Waals surface area (Å²) >= 11 is 0. The topological polar surface area (TPSA) is 48.2 Å². The lowest BCUT2D eigenvalue weighted by Gasteiger charge is -2.20. The third-order valence-electron chi connectivity index (χ3n) is 4.05. The van der Waals surface area contributed by atoms with Gasteiger partial charge >= 0.3 is 0 Å². The molecule has 0 aliphatic carbocycles. The van der Waals surface area contributed by atoms with Crippen molar-refractivity contribution in [1.29, 1.82) is 5.26 Å². The average molecular weight is 301 g/mol. The van der Waals surface area contributed by atoms with Crippen LogP contribution in [0, 0.1) is 11.3 Å². The van der Waals surface area contributed by atoms with Crippen LogP contribution in [0.2, 0.25) is 0 Å². The first kappa shape index (κ1) is 15.1. The molecule has 2 aromatic rings. The molecule has 0 amide bonds. The van der Waals surface area contributed by atoms with Crippen molar-refractivity contribution in [2.45, 2.75) is 26.2 Å². The first-order valence-corrected chi connectivity index (χ1v) is 7.85. The molecular weight excluding hydrogens is 282 g/mol. The number of amidine groups is 1. The molecule has 2 aromatic carbocycles. The van der Waals surface area contributed by atoms with E-state index in [0.717, 1.165) is 47.6 Å². The highest BCUT2D eigenvalue weighted by atomic mass is 15.0. The summed E-state index contributed by atoms with van der Waals surface area (Å²) in [6.45, 7) is 6.27. The van der Waals surface area contributed by atoms with E-state index in [4.69, 9.17) is 10.3 Å². The summed E-state index contributed by atoms with van der Waals surface area (Å²) in [7, 11) is 0. The van der Waals surface area contributed by atoms with Crippen molar-refractivity contribution in [3.63, 3.8) is 0 Å². The number of benzene rings is 2. The Labute approximate surface area is 137 Å². The molecule has 0 spiro atoms. The van der Waals surface area contributed by atoms with Crippen LogP contribution in [0.3, 0.4) is 0 Å². The van der Waals surface area contributed by atoms with Crippen molar-refractivity contribution >= 4 is 17.2 Å². The maximum absolute atomic E-state index is 8.97. The lowest BCUT2D eigenvalue weighted by Crippen LogP contribution is -2.25. The second kappa shape index (κ2) is 6.50. The summed E-state index contributed by atoms with van der Waals surface area (Å²) < 4.78 is 0. The Bertz CT molecular complexity index is 825. The van der Waals surface area contributed by atoms with Gasteiger partial charge < -0.3 is 5.32 Å². The van der Waals surface area contributed by atoms with Gasteiger partial charge in [0, 0.05) is 17.7 Å². The molecule has 0 saturated heterocycles. The van der Waals surface area contributed by atoms with Gasteiger partial charge in [-0.1, -0.05) is 31.7 Å². The summed E-state index contributed by atoms with van der Waals surface area (Å²) in [4.78, 5) is 4.71. The normalized spacial score (nSPS) is 12.9. The van der Waals surface area contributed by atoms with E-state index in [1.165, 1.54) is 5.56 Å². The van der Waals surface area contributed by atoms with Gasteiger partial charge in [-0.3, -0.25) is 0 Å². The monoisotopic (exact) mass is 301 g/mol. The quantitative estimate of drug-likeness (QED) is 0.912. The maximum atomic E-state index is 8.97. The molecule has 114 valence electrons. The molecule has 0 aromatic heterocycles. The van der Waals surface area contributed by atoms with Gasteiger partial charge in [0.25, 0.3) is 0 Å². The van der Waals surface area contributed by atoms with Crippen LogP contribution in [0.15, 0.2) is 54.0 Å². The average Bonchev–Trinajstić information content (AvgIpc) is 2.60. The number of hydrogen-bond acceptors (Lipinski definition) is 3. The van der Waals surface area contributed by atoms with Gasteiger partial charge in [-0.2, -0.15) is 5.26 Å². The van der Waals surface area contributed by atoms with Gasteiger partial charge in [0.15, 0.2) is 0 Å². The summed E-state index contributed by atoms with van der Waals surface area (Å²) in [5.74, 6) is 0.925. The molecule has 1 N–H and O–H groups in total. The predicted octanol–water partition coefficient (Wildman–Crippen LogP) is 4.36. The molecular formula is C20H19N3. The Morgan fingerprint density at radius 1 is 1.13 bits per heavy atom. The van der Waals surface area contributed by atoms with E-state index in [1.54, 1.807) is 0 Å². The fraction of sp³-hybridized carbons (Fsp3) is 0.200. The van der Waals surface area contributed by atoms with Gasteiger partial charge in [0.2, 0.25) is 0 Å². The number of rotatable bonds is 4. The molecule has 3 nitrogen and oxygen atoms in total. The van der Waals surface area contributed by atoms with E-state index in [0.29, 0.717) is 5.56 Å². The number of nitriles is 1. The SMILES string of the molecule is C=C1NC(CCc2cccc(C#N)c2)=Nc2ccc(CC)cc21. The first-order valence-electron chi connectivity index (χ1n) is 7.85. The molecule has 3 heteroatoms. The zero-order valence-electron chi connectivity index (χ0n) is 13.3. The van der Waals surface area contributed by atoms with E-state index in [-0.39, 0.29) is 0 Å². The fourth-order valence-corrected chi connectivity index (χ4v) is 2.73. The number of nitrogens with one attached hydrogen (secondary N) is 1. The van der Waals surface area contributed by atoms with E-state index in [1.807, 2.05) is 24.3 Å². The molecule has 23 heavy (non-hydrogen) atoms. The van der Waals surface area contributed by atoms with Crippen LogP contribution in [0.5, 0.6) is 0 Å². The fourth-order valence-electron chi connectivity index (χ4n) is 2.73. The third-order valence-corrected chi connectivity index (χ3v) is 4.05. The lowest BCUT2D eigenvalue weighted by molar-refractivity contribution is 0.990. The molecule has 0 fully saturated rings. The number of nitrogens with zero attached hydrogens (tertiary/aromatic N) is 2. The van der Waals surface area contributed by atoms with E-state index in [2.05, 4.69) is 43.1 Å². The van der Waals surface area contributed by atoms with Gasteiger partial charge in [-0.25, -0.2) is 4.99 Å². The molecule has 1 aliphatic rings. The van der Waals surface area contributed by atoms with Crippen molar-refractivity contribution in [3.8, 4) is 6.07 Å². The van der Waals surface area contributed by atoms with E-state index >= 15 is 0 Å². The van der Waals surface area contributed by atoms with Gasteiger partial charge in [-0.15, -0.1) is 0 Å². The Balaban J connectivity index is 1.77. The highest BCUT2D eigenvalue weighted by Gasteiger charge is 2.15. The predicted molar refractivity (Wildman–Crippen MR) is 94.6 cm³/mol. The van der Waals surface area contributed by atoms with Crippen molar-refractivity contribution in [3.05, 3.63) is 71.3 Å². The second-order valence-electron chi connectivity index (χ2n) is 5.68. The van der Waals surface area contributed by atoms with Crippen LogP contribution >= 0.6 is 0 Å². The Hall–Kier alpha value is -2.86. The maximum Gasteiger partial charge on any atom is 0.107 e. The number of aryl methyl sites for hydroxylation is 2. The summed E-state index contributed by atoms with van der Waals surface area (Å²) in [6, 6.07) is 16.2. The van der Waals surface area contributed by atoms with Gasteiger partial charge in [0.05, 0.1) is 17.3 Å². The van der Waals surface area contributed by atoms with Crippen molar-refractivity contribution < 1.29 is 0 Å². The molecule has 0 bridgehead atoms. The van der Waals surface area contributed by atoms with Gasteiger partial charge in [0.1, 0.15) is 5.84 Å². The lowest BCUT2D eigenvalue weighted by atomic mass is 10.0. The number of hydrogen-bond donors (Lipinski definition) is 1.